The summed E-state index contributed by atoms with van der Waals surface area (Å²) in [7, 11) is 1.17. The first-order valence-corrected chi connectivity index (χ1v) is 6.22. The monoisotopic (exact) mass is 301 g/mol. The fourth-order valence-corrected chi connectivity index (χ4v) is 1.70. The Morgan fingerprint density at radius 3 is 2.70 bits per heavy atom. The Labute approximate surface area is 121 Å². The molecule has 2 N–H and O–H groups in total. The number of benzene rings is 1. The van der Waals surface area contributed by atoms with E-state index in [1.807, 2.05) is 0 Å². The van der Waals surface area contributed by atoms with E-state index < -0.39 is 24.5 Å². The van der Waals surface area contributed by atoms with Crippen molar-refractivity contribution in [3.8, 4) is 5.75 Å². The Hall–Kier alpha value is -1.79. The molecule has 0 heterocycles. The van der Waals surface area contributed by atoms with Crippen LogP contribution in [-0.2, 0) is 14.3 Å². The number of aliphatic hydroxyl groups is 1. The molecule has 0 aliphatic carbocycles. The number of aliphatic hydroxyl groups excluding tert-OH is 1. The van der Waals surface area contributed by atoms with E-state index >= 15 is 0 Å². The zero-order valence-corrected chi connectivity index (χ0v) is 11.9. The minimum atomic E-state index is -1.09. The highest BCUT2D eigenvalue weighted by Crippen LogP contribution is 2.21. The first kappa shape index (κ1) is 16.3. The van der Waals surface area contributed by atoms with Gasteiger partial charge >= 0.3 is 5.97 Å². The van der Waals surface area contributed by atoms with Gasteiger partial charge in [0, 0.05) is 5.02 Å². The van der Waals surface area contributed by atoms with Gasteiger partial charge in [0.2, 0.25) is 0 Å². The Morgan fingerprint density at radius 1 is 1.45 bits per heavy atom. The van der Waals surface area contributed by atoms with Crippen LogP contribution in [0.2, 0.25) is 5.02 Å². The van der Waals surface area contributed by atoms with Gasteiger partial charge in [-0.2, -0.15) is 0 Å². The molecule has 20 heavy (non-hydrogen) atoms. The van der Waals surface area contributed by atoms with Gasteiger partial charge in [-0.25, -0.2) is 4.79 Å². The van der Waals surface area contributed by atoms with E-state index in [1.165, 1.54) is 7.11 Å². The molecule has 0 saturated heterocycles. The van der Waals surface area contributed by atoms with Gasteiger partial charge in [-0.05, 0) is 30.7 Å². The van der Waals surface area contributed by atoms with Gasteiger partial charge < -0.3 is 19.9 Å². The van der Waals surface area contributed by atoms with Crippen LogP contribution < -0.4 is 10.1 Å². The molecule has 1 atom stereocenters. The third-order valence-electron chi connectivity index (χ3n) is 2.50. The largest absolute Gasteiger partial charge is 0.484 e. The average Bonchev–Trinajstić information content (AvgIpc) is 2.43. The Balaban J connectivity index is 2.52. The molecule has 6 nitrogen and oxygen atoms in total. The van der Waals surface area contributed by atoms with Crippen molar-refractivity contribution >= 4 is 23.5 Å². The molecule has 0 saturated carbocycles. The first-order chi connectivity index (χ1) is 9.47. The van der Waals surface area contributed by atoms with Crippen LogP contribution in [0.3, 0.4) is 0 Å². The third-order valence-corrected chi connectivity index (χ3v) is 2.73. The van der Waals surface area contributed by atoms with Gasteiger partial charge in [0.05, 0.1) is 13.7 Å². The topological polar surface area (TPSA) is 84.9 Å². The first-order valence-electron chi connectivity index (χ1n) is 5.85. The summed E-state index contributed by atoms with van der Waals surface area (Å²) in [5, 5.41) is 11.8. The maximum absolute atomic E-state index is 11.6. The molecule has 7 heteroatoms. The molecule has 0 bridgehead atoms. The van der Waals surface area contributed by atoms with Gasteiger partial charge in [-0.15, -0.1) is 0 Å². The Bertz CT molecular complexity index is 492. The molecule has 0 fully saturated rings. The predicted octanol–water partition coefficient (Wildman–Crippen LogP) is 0.677. The summed E-state index contributed by atoms with van der Waals surface area (Å²) in [6, 6.07) is 3.91. The molecule has 110 valence electrons. The average molecular weight is 302 g/mol. The SMILES string of the molecule is COC(=O)[C@H](CO)NC(=O)COc1ccc(Cl)cc1C. The number of amides is 1. The second-order valence-electron chi connectivity index (χ2n) is 4.02. The number of esters is 1. The van der Waals surface area contributed by atoms with Gasteiger partial charge in [-0.1, -0.05) is 11.6 Å². The maximum atomic E-state index is 11.6. The van der Waals surface area contributed by atoms with Gasteiger partial charge in [0.15, 0.2) is 12.6 Å². The van der Waals surface area contributed by atoms with E-state index in [1.54, 1.807) is 25.1 Å². The number of rotatable bonds is 6. The van der Waals surface area contributed by atoms with Crippen molar-refractivity contribution in [2.45, 2.75) is 13.0 Å². The van der Waals surface area contributed by atoms with Crippen molar-refractivity contribution in [1.29, 1.82) is 0 Å². The number of methoxy groups -OCH3 is 1. The molecule has 0 aromatic heterocycles. The lowest BCUT2D eigenvalue weighted by atomic mass is 10.2. The molecule has 0 aliphatic heterocycles. The van der Waals surface area contributed by atoms with Crippen molar-refractivity contribution in [3.05, 3.63) is 28.8 Å². The number of nitrogens with one attached hydrogen (secondary N) is 1. The number of ether oxygens (including phenoxy) is 2. The highest BCUT2D eigenvalue weighted by Gasteiger charge is 2.20. The number of halogens is 1. The molecule has 0 spiro atoms. The van der Waals surface area contributed by atoms with E-state index in [4.69, 9.17) is 21.4 Å². The summed E-state index contributed by atoms with van der Waals surface area (Å²) in [6.07, 6.45) is 0. The minimum absolute atomic E-state index is 0.282. The summed E-state index contributed by atoms with van der Waals surface area (Å²) < 4.78 is 9.74. The van der Waals surface area contributed by atoms with Crippen LogP contribution in [0, 0.1) is 6.92 Å². The summed E-state index contributed by atoms with van der Waals surface area (Å²) in [5.74, 6) is -0.740. The van der Waals surface area contributed by atoms with E-state index in [9.17, 15) is 9.59 Å². The second-order valence-corrected chi connectivity index (χ2v) is 4.46. The molecule has 1 amide bonds. The molecular formula is C13H16ClNO5. The van der Waals surface area contributed by atoms with E-state index in [0.29, 0.717) is 10.8 Å². The molecular weight excluding hydrogens is 286 g/mol. The standard InChI is InChI=1S/C13H16ClNO5/c1-8-5-9(14)3-4-11(8)20-7-12(17)15-10(6-16)13(18)19-2/h3-5,10,16H,6-7H2,1-2H3,(H,15,17)/t10-/m0/s1. The van der Waals surface area contributed by atoms with Gasteiger partial charge in [-0.3, -0.25) is 4.79 Å². The highest BCUT2D eigenvalue weighted by atomic mass is 35.5. The maximum Gasteiger partial charge on any atom is 0.330 e. The number of aryl methyl sites for hydroxylation is 1. The van der Waals surface area contributed by atoms with Gasteiger partial charge in [0.1, 0.15) is 5.75 Å². The van der Waals surface area contributed by atoms with Crippen molar-refractivity contribution in [3.63, 3.8) is 0 Å². The molecule has 0 unspecified atom stereocenters. The molecule has 1 aromatic carbocycles. The van der Waals surface area contributed by atoms with Crippen LogP contribution in [-0.4, -0.2) is 43.3 Å². The second kappa shape index (κ2) is 7.72. The van der Waals surface area contributed by atoms with Crippen LogP contribution >= 0.6 is 11.6 Å². The number of hydrogen-bond donors (Lipinski definition) is 2. The smallest absolute Gasteiger partial charge is 0.330 e. The molecule has 1 aromatic rings. The fourth-order valence-electron chi connectivity index (χ4n) is 1.48. The Kier molecular flexibility index (Phi) is 6.27. The van der Waals surface area contributed by atoms with E-state index in [0.717, 1.165) is 5.56 Å². The highest BCUT2D eigenvalue weighted by molar-refractivity contribution is 6.30. The summed E-state index contributed by atoms with van der Waals surface area (Å²) in [6.45, 7) is 0.971. The van der Waals surface area contributed by atoms with Crippen LogP contribution in [0.25, 0.3) is 0 Å². The third kappa shape index (κ3) is 4.71. The van der Waals surface area contributed by atoms with Crippen molar-refractivity contribution in [2.75, 3.05) is 20.3 Å². The van der Waals surface area contributed by atoms with Gasteiger partial charge in [0.25, 0.3) is 5.91 Å². The molecule has 1 rings (SSSR count). The van der Waals surface area contributed by atoms with E-state index in [-0.39, 0.29) is 6.61 Å². The fraction of sp³-hybridized carbons (Fsp3) is 0.385. The minimum Gasteiger partial charge on any atom is -0.484 e. The predicted molar refractivity (Wildman–Crippen MR) is 72.7 cm³/mol. The Morgan fingerprint density at radius 2 is 2.15 bits per heavy atom. The van der Waals surface area contributed by atoms with Crippen molar-refractivity contribution in [2.24, 2.45) is 0 Å². The van der Waals surface area contributed by atoms with Crippen LogP contribution in [0.4, 0.5) is 0 Å². The lowest BCUT2D eigenvalue weighted by Crippen LogP contribution is -2.45. The molecule has 0 aliphatic rings. The quantitative estimate of drug-likeness (QED) is 0.755. The van der Waals surface area contributed by atoms with Crippen molar-refractivity contribution in [1.82, 2.24) is 5.32 Å². The number of carbonyl (C=O) groups excluding carboxylic acids is 2. The zero-order valence-electron chi connectivity index (χ0n) is 11.2. The summed E-state index contributed by atoms with van der Waals surface area (Å²) >= 11 is 5.80. The number of carbonyl (C=O) groups is 2. The van der Waals surface area contributed by atoms with E-state index in [2.05, 4.69) is 10.1 Å². The molecule has 0 radical (unpaired) electrons. The lowest BCUT2D eigenvalue weighted by Gasteiger charge is -2.14. The van der Waals surface area contributed by atoms with Crippen LogP contribution in [0.1, 0.15) is 5.56 Å². The summed E-state index contributed by atoms with van der Waals surface area (Å²) in [5.41, 5.74) is 0.789. The van der Waals surface area contributed by atoms with Crippen molar-refractivity contribution < 1.29 is 24.2 Å². The normalized spacial score (nSPS) is 11.6. The zero-order chi connectivity index (χ0) is 15.1. The van der Waals surface area contributed by atoms with Crippen LogP contribution in [0.15, 0.2) is 18.2 Å². The lowest BCUT2D eigenvalue weighted by molar-refractivity contribution is -0.146. The summed E-state index contributed by atoms with van der Waals surface area (Å²) in [4.78, 5) is 22.8. The number of hydrogen-bond acceptors (Lipinski definition) is 5. The van der Waals surface area contributed by atoms with Crippen LogP contribution in [0.5, 0.6) is 5.75 Å².